The number of hydrogen-bond donors (Lipinski definition) is 1. The molecule has 2 aliphatic rings. The molecule has 2 atom stereocenters. The molecule has 2 fully saturated rings. The van der Waals surface area contributed by atoms with Crippen molar-refractivity contribution in [2.45, 2.75) is 31.9 Å². The topological polar surface area (TPSA) is 41.6 Å². The predicted molar refractivity (Wildman–Crippen MR) is 91.5 cm³/mol. The zero-order valence-electron chi connectivity index (χ0n) is 13.1. The van der Waals surface area contributed by atoms with E-state index >= 15 is 0 Å². The number of cyclic esters (lactones) is 1. The zero-order chi connectivity index (χ0) is 15.4. The first-order valence-electron chi connectivity index (χ1n) is 8.07. The van der Waals surface area contributed by atoms with Gasteiger partial charge in [0.2, 0.25) is 0 Å². The van der Waals surface area contributed by atoms with Crippen molar-refractivity contribution in [3.8, 4) is 0 Å². The van der Waals surface area contributed by atoms with Crippen molar-refractivity contribution in [2.24, 2.45) is 0 Å². The van der Waals surface area contributed by atoms with Gasteiger partial charge >= 0.3 is 5.97 Å². The summed E-state index contributed by atoms with van der Waals surface area (Å²) in [6.07, 6.45) is 1.85. The second-order valence-electron chi connectivity index (χ2n) is 6.08. The molecular weight excluding hydrogens is 296 g/mol. The molecule has 0 saturated carbocycles. The average molecular weight is 320 g/mol. The third kappa shape index (κ3) is 4.17. The molecule has 0 unspecified atom stereocenters. The standard InChI is InChI=1S/C17H24N2O2S/c1-13-12-16(17(20)21-13)18-15-4-2-14(3-5-15)6-7-19-8-10-22-11-9-19/h2-5,13,16,18H,6-12H2,1H3/t13-,16-/m1/s1. The summed E-state index contributed by atoms with van der Waals surface area (Å²) in [5.41, 5.74) is 2.35. The molecule has 0 aromatic heterocycles. The van der Waals surface area contributed by atoms with Gasteiger partial charge in [-0.1, -0.05) is 12.1 Å². The number of carbonyl (C=O) groups is 1. The molecule has 120 valence electrons. The van der Waals surface area contributed by atoms with Crippen LogP contribution in [0, 0.1) is 0 Å². The molecule has 1 N–H and O–H groups in total. The van der Waals surface area contributed by atoms with E-state index in [0.29, 0.717) is 0 Å². The quantitative estimate of drug-likeness (QED) is 0.844. The van der Waals surface area contributed by atoms with Crippen LogP contribution in [0.3, 0.4) is 0 Å². The van der Waals surface area contributed by atoms with Crippen LogP contribution in [0.2, 0.25) is 0 Å². The Labute approximate surface area is 136 Å². The molecule has 0 spiro atoms. The Kier molecular flexibility index (Phi) is 5.26. The Balaban J connectivity index is 1.48. The van der Waals surface area contributed by atoms with Gasteiger partial charge in [-0.15, -0.1) is 0 Å². The van der Waals surface area contributed by atoms with Crippen LogP contribution >= 0.6 is 11.8 Å². The molecule has 3 rings (SSSR count). The molecule has 0 radical (unpaired) electrons. The fraction of sp³-hybridized carbons (Fsp3) is 0.588. The monoisotopic (exact) mass is 320 g/mol. The first kappa shape index (κ1) is 15.7. The highest BCUT2D eigenvalue weighted by Crippen LogP contribution is 2.20. The number of anilines is 1. The number of carbonyl (C=O) groups excluding carboxylic acids is 1. The van der Waals surface area contributed by atoms with E-state index in [-0.39, 0.29) is 18.1 Å². The minimum Gasteiger partial charge on any atom is -0.461 e. The fourth-order valence-electron chi connectivity index (χ4n) is 2.96. The molecule has 4 nitrogen and oxygen atoms in total. The Hall–Kier alpha value is -1.20. The van der Waals surface area contributed by atoms with Crippen LogP contribution in [0.25, 0.3) is 0 Å². The number of nitrogens with one attached hydrogen (secondary N) is 1. The zero-order valence-corrected chi connectivity index (χ0v) is 13.9. The number of ether oxygens (including phenoxy) is 1. The summed E-state index contributed by atoms with van der Waals surface area (Å²) in [6, 6.07) is 8.25. The van der Waals surface area contributed by atoms with Crippen LogP contribution in [-0.4, -0.2) is 54.2 Å². The van der Waals surface area contributed by atoms with E-state index in [0.717, 1.165) is 25.1 Å². The lowest BCUT2D eigenvalue weighted by Gasteiger charge is -2.26. The minimum absolute atomic E-state index is 0.0204. The normalized spacial score (nSPS) is 26.0. The van der Waals surface area contributed by atoms with Crippen molar-refractivity contribution in [1.82, 2.24) is 4.90 Å². The summed E-state index contributed by atoms with van der Waals surface area (Å²) in [5, 5.41) is 3.27. The second-order valence-corrected chi connectivity index (χ2v) is 7.31. The predicted octanol–water partition coefficient (Wildman–Crippen LogP) is 2.39. The van der Waals surface area contributed by atoms with Crippen LogP contribution in [0.4, 0.5) is 5.69 Å². The van der Waals surface area contributed by atoms with Crippen molar-refractivity contribution in [3.05, 3.63) is 29.8 Å². The molecule has 2 aliphatic heterocycles. The summed E-state index contributed by atoms with van der Waals surface area (Å²) < 4.78 is 5.17. The SMILES string of the molecule is C[C@@H]1C[C@@H](Nc2ccc(CCN3CCSCC3)cc2)C(=O)O1. The van der Waals surface area contributed by atoms with Gasteiger partial charge in [-0.05, 0) is 31.0 Å². The largest absolute Gasteiger partial charge is 0.461 e. The Morgan fingerprint density at radius 2 is 2.00 bits per heavy atom. The van der Waals surface area contributed by atoms with Crippen LogP contribution in [0.5, 0.6) is 0 Å². The van der Waals surface area contributed by atoms with Crippen LogP contribution in [0.15, 0.2) is 24.3 Å². The lowest BCUT2D eigenvalue weighted by Crippen LogP contribution is -2.34. The lowest BCUT2D eigenvalue weighted by atomic mass is 10.1. The summed E-state index contributed by atoms with van der Waals surface area (Å²) >= 11 is 2.05. The maximum absolute atomic E-state index is 11.6. The molecule has 1 aromatic rings. The van der Waals surface area contributed by atoms with Gasteiger partial charge in [-0.25, -0.2) is 4.79 Å². The lowest BCUT2D eigenvalue weighted by molar-refractivity contribution is -0.141. The number of nitrogens with zero attached hydrogens (tertiary/aromatic N) is 1. The van der Waals surface area contributed by atoms with Crippen molar-refractivity contribution < 1.29 is 9.53 Å². The Bertz CT molecular complexity index is 500. The van der Waals surface area contributed by atoms with Gasteiger partial charge in [-0.3, -0.25) is 0 Å². The third-order valence-corrected chi connectivity index (χ3v) is 5.23. The summed E-state index contributed by atoms with van der Waals surface area (Å²) in [5.74, 6) is 2.39. The van der Waals surface area contributed by atoms with E-state index in [1.165, 1.54) is 30.2 Å². The molecular formula is C17H24N2O2S. The first-order valence-corrected chi connectivity index (χ1v) is 9.22. The number of thioether (sulfide) groups is 1. The van der Waals surface area contributed by atoms with Crippen LogP contribution in [0.1, 0.15) is 18.9 Å². The smallest absolute Gasteiger partial charge is 0.328 e. The second kappa shape index (κ2) is 7.38. The molecule has 0 amide bonds. The van der Waals surface area contributed by atoms with E-state index in [1.54, 1.807) is 0 Å². The molecule has 0 aliphatic carbocycles. The molecule has 5 heteroatoms. The van der Waals surface area contributed by atoms with Gasteiger partial charge in [0, 0.05) is 43.2 Å². The molecule has 22 heavy (non-hydrogen) atoms. The number of esters is 1. The minimum atomic E-state index is -0.202. The van der Waals surface area contributed by atoms with Crippen molar-refractivity contribution in [1.29, 1.82) is 0 Å². The summed E-state index contributed by atoms with van der Waals surface area (Å²) in [7, 11) is 0. The number of benzene rings is 1. The summed E-state index contributed by atoms with van der Waals surface area (Å²) in [6.45, 7) is 5.50. The van der Waals surface area contributed by atoms with Gasteiger partial charge in [0.15, 0.2) is 0 Å². The molecule has 1 aromatic carbocycles. The van der Waals surface area contributed by atoms with Crippen LogP contribution < -0.4 is 5.32 Å². The van der Waals surface area contributed by atoms with E-state index in [1.807, 2.05) is 18.7 Å². The average Bonchev–Trinajstić information content (AvgIpc) is 2.85. The van der Waals surface area contributed by atoms with Gasteiger partial charge in [0.25, 0.3) is 0 Å². The van der Waals surface area contributed by atoms with Crippen molar-refractivity contribution in [2.75, 3.05) is 36.5 Å². The van der Waals surface area contributed by atoms with Gasteiger partial charge in [0.05, 0.1) is 0 Å². The molecule has 2 saturated heterocycles. The van der Waals surface area contributed by atoms with Gasteiger partial charge < -0.3 is 15.0 Å². The number of rotatable bonds is 5. The summed E-state index contributed by atoms with van der Waals surface area (Å²) in [4.78, 5) is 14.2. The van der Waals surface area contributed by atoms with E-state index in [9.17, 15) is 4.79 Å². The highest BCUT2D eigenvalue weighted by atomic mass is 32.2. The Morgan fingerprint density at radius 3 is 2.64 bits per heavy atom. The van der Waals surface area contributed by atoms with Crippen LogP contribution in [-0.2, 0) is 16.0 Å². The maximum Gasteiger partial charge on any atom is 0.328 e. The highest BCUT2D eigenvalue weighted by molar-refractivity contribution is 7.99. The van der Waals surface area contributed by atoms with E-state index in [4.69, 9.17) is 4.74 Å². The third-order valence-electron chi connectivity index (χ3n) is 4.28. The maximum atomic E-state index is 11.6. The molecule has 0 bridgehead atoms. The van der Waals surface area contributed by atoms with E-state index < -0.39 is 0 Å². The highest BCUT2D eigenvalue weighted by Gasteiger charge is 2.31. The first-order chi connectivity index (χ1) is 10.7. The van der Waals surface area contributed by atoms with Gasteiger partial charge in [0.1, 0.15) is 12.1 Å². The van der Waals surface area contributed by atoms with Gasteiger partial charge in [-0.2, -0.15) is 11.8 Å². The Morgan fingerprint density at radius 1 is 1.27 bits per heavy atom. The van der Waals surface area contributed by atoms with Crippen molar-refractivity contribution in [3.63, 3.8) is 0 Å². The van der Waals surface area contributed by atoms with Crippen molar-refractivity contribution >= 4 is 23.4 Å². The number of hydrogen-bond acceptors (Lipinski definition) is 5. The van der Waals surface area contributed by atoms with E-state index in [2.05, 4.69) is 34.5 Å². The molecule has 2 heterocycles. The fourth-order valence-corrected chi connectivity index (χ4v) is 3.93.